The van der Waals surface area contributed by atoms with E-state index < -0.39 is 5.97 Å². The number of halogens is 1. The molecule has 1 N–H and O–H groups in total. The summed E-state index contributed by atoms with van der Waals surface area (Å²) < 4.78 is 4.74. The van der Waals surface area contributed by atoms with E-state index in [0.717, 1.165) is 4.90 Å². The maximum absolute atomic E-state index is 12.4. The molecule has 6 heteroatoms. The van der Waals surface area contributed by atoms with Gasteiger partial charge in [0, 0.05) is 10.6 Å². The number of carbonyl (C=O) groups is 2. The molecule has 0 aliphatic carbocycles. The molecular weight excluding hydrogens is 322 g/mol. The number of aromatic amines is 1. The lowest BCUT2D eigenvalue weighted by Gasteiger charge is -2.03. The summed E-state index contributed by atoms with van der Waals surface area (Å²) in [6.07, 6.45) is 0. The Hall–Kier alpha value is -1.72. The average Bonchev–Trinajstić information content (AvgIpc) is 2.80. The second kappa shape index (κ2) is 7.03. The summed E-state index contributed by atoms with van der Waals surface area (Å²) in [5.41, 5.74) is 2.12. The molecule has 1 aromatic carbocycles. The third-order valence-corrected chi connectivity index (χ3v) is 4.82. The maximum atomic E-state index is 12.4. The van der Waals surface area contributed by atoms with E-state index in [0.29, 0.717) is 27.5 Å². The molecule has 0 unspecified atom stereocenters. The zero-order chi connectivity index (χ0) is 16.3. The second-order valence-corrected chi connectivity index (χ2v) is 6.18. The monoisotopic (exact) mass is 337 g/mol. The number of ketones is 1. The highest BCUT2D eigenvalue weighted by atomic mass is 35.5. The minimum atomic E-state index is -0.441. The molecule has 0 bridgehead atoms. The van der Waals surface area contributed by atoms with Crippen molar-refractivity contribution in [1.82, 2.24) is 4.98 Å². The quantitative estimate of drug-likeness (QED) is 0.508. The average molecular weight is 338 g/mol. The van der Waals surface area contributed by atoms with Gasteiger partial charge in [-0.3, -0.25) is 4.79 Å². The van der Waals surface area contributed by atoms with Crippen molar-refractivity contribution < 1.29 is 14.3 Å². The summed E-state index contributed by atoms with van der Waals surface area (Å²) in [6, 6.07) is 7.37. The van der Waals surface area contributed by atoms with Gasteiger partial charge in [-0.25, -0.2) is 4.79 Å². The molecule has 0 atom stereocenters. The van der Waals surface area contributed by atoms with Crippen molar-refractivity contribution >= 4 is 35.1 Å². The van der Waals surface area contributed by atoms with Crippen LogP contribution in [0, 0.1) is 13.8 Å². The van der Waals surface area contributed by atoms with Gasteiger partial charge in [0.05, 0.1) is 29.1 Å². The van der Waals surface area contributed by atoms with Gasteiger partial charge in [0.25, 0.3) is 0 Å². The van der Waals surface area contributed by atoms with Crippen LogP contribution in [0.5, 0.6) is 0 Å². The van der Waals surface area contributed by atoms with E-state index in [-0.39, 0.29) is 11.5 Å². The van der Waals surface area contributed by atoms with E-state index in [9.17, 15) is 9.59 Å². The summed E-state index contributed by atoms with van der Waals surface area (Å²) in [7, 11) is 1.32. The Morgan fingerprint density at radius 2 is 1.95 bits per heavy atom. The van der Waals surface area contributed by atoms with Crippen molar-refractivity contribution in [2.45, 2.75) is 18.7 Å². The van der Waals surface area contributed by atoms with Crippen LogP contribution in [0.25, 0.3) is 0 Å². The number of hydrogen-bond acceptors (Lipinski definition) is 4. The van der Waals surface area contributed by atoms with Gasteiger partial charge in [-0.1, -0.05) is 23.7 Å². The normalized spacial score (nSPS) is 10.5. The van der Waals surface area contributed by atoms with Gasteiger partial charge in [-0.2, -0.15) is 0 Å². The maximum Gasteiger partial charge on any atom is 0.339 e. The predicted molar refractivity (Wildman–Crippen MR) is 88.1 cm³/mol. The fourth-order valence-corrected chi connectivity index (χ4v) is 3.33. The Morgan fingerprint density at radius 3 is 2.59 bits per heavy atom. The van der Waals surface area contributed by atoms with Gasteiger partial charge in [0.1, 0.15) is 0 Å². The smallest absolute Gasteiger partial charge is 0.339 e. The first-order valence-electron chi connectivity index (χ1n) is 6.63. The zero-order valence-corrected chi connectivity index (χ0v) is 14.1. The molecule has 0 saturated heterocycles. The molecular formula is C16H16ClNO3S. The number of benzene rings is 1. The summed E-state index contributed by atoms with van der Waals surface area (Å²) in [5.74, 6) is -0.282. The fourth-order valence-electron chi connectivity index (χ4n) is 2.21. The van der Waals surface area contributed by atoms with Crippen LogP contribution in [0.15, 0.2) is 29.2 Å². The first kappa shape index (κ1) is 16.6. The number of Topliss-reactive ketones (excluding diaryl/α,β-unsaturated/α-hetero) is 1. The van der Waals surface area contributed by atoms with E-state index in [2.05, 4.69) is 4.98 Å². The number of methoxy groups -OCH3 is 1. The number of ether oxygens (including phenoxy) is 1. The number of esters is 1. The fraction of sp³-hybridized carbons (Fsp3) is 0.250. The molecule has 116 valence electrons. The topological polar surface area (TPSA) is 59.2 Å². The number of carbonyl (C=O) groups excluding carboxylic acids is 2. The number of nitrogens with one attached hydrogen (secondary N) is 1. The van der Waals surface area contributed by atoms with Crippen LogP contribution in [0.3, 0.4) is 0 Å². The third-order valence-electron chi connectivity index (χ3n) is 3.30. The Morgan fingerprint density at radius 1 is 1.27 bits per heavy atom. The molecule has 0 aliphatic rings. The molecule has 2 rings (SSSR count). The van der Waals surface area contributed by atoms with Gasteiger partial charge in [-0.05, 0) is 31.5 Å². The van der Waals surface area contributed by atoms with Crippen molar-refractivity contribution in [3.05, 3.63) is 51.8 Å². The Kier molecular flexibility index (Phi) is 5.32. The van der Waals surface area contributed by atoms with Crippen molar-refractivity contribution in [1.29, 1.82) is 0 Å². The van der Waals surface area contributed by atoms with E-state index >= 15 is 0 Å². The number of thioether (sulfide) groups is 1. The van der Waals surface area contributed by atoms with E-state index in [1.807, 2.05) is 18.2 Å². The van der Waals surface area contributed by atoms with Gasteiger partial charge in [-0.15, -0.1) is 11.8 Å². The van der Waals surface area contributed by atoms with Crippen LogP contribution in [0.2, 0.25) is 5.02 Å². The van der Waals surface area contributed by atoms with Crippen molar-refractivity contribution in [2.24, 2.45) is 0 Å². The van der Waals surface area contributed by atoms with Gasteiger partial charge < -0.3 is 9.72 Å². The number of aryl methyl sites for hydroxylation is 1. The Bertz CT molecular complexity index is 724. The van der Waals surface area contributed by atoms with Gasteiger partial charge >= 0.3 is 5.97 Å². The first-order valence-corrected chi connectivity index (χ1v) is 8.00. The summed E-state index contributed by atoms with van der Waals surface area (Å²) >= 11 is 7.44. The SMILES string of the molecule is COC(=O)c1c(C)[nH]c(C(=O)CSc2ccccc2Cl)c1C. The van der Waals surface area contributed by atoms with Crippen molar-refractivity contribution in [3.63, 3.8) is 0 Å². The largest absolute Gasteiger partial charge is 0.465 e. The number of hydrogen-bond donors (Lipinski definition) is 1. The predicted octanol–water partition coefficient (Wildman–Crippen LogP) is 4.05. The number of rotatable bonds is 5. The van der Waals surface area contributed by atoms with Crippen molar-refractivity contribution in [2.75, 3.05) is 12.9 Å². The highest BCUT2D eigenvalue weighted by Crippen LogP contribution is 2.28. The van der Waals surface area contributed by atoms with Crippen molar-refractivity contribution in [3.8, 4) is 0 Å². The molecule has 1 heterocycles. The van der Waals surface area contributed by atoms with Crippen LogP contribution >= 0.6 is 23.4 Å². The lowest BCUT2D eigenvalue weighted by Crippen LogP contribution is -2.07. The minimum absolute atomic E-state index is 0.0827. The molecule has 0 spiro atoms. The molecule has 0 saturated carbocycles. The Labute approximate surface area is 138 Å². The van der Waals surface area contributed by atoms with Gasteiger partial charge in [0.2, 0.25) is 0 Å². The lowest BCUT2D eigenvalue weighted by atomic mass is 10.1. The minimum Gasteiger partial charge on any atom is -0.465 e. The van der Waals surface area contributed by atoms with Crippen LogP contribution in [-0.2, 0) is 4.74 Å². The Balaban J connectivity index is 2.17. The summed E-state index contributed by atoms with van der Waals surface area (Å²) in [6.45, 7) is 3.49. The van der Waals surface area contributed by atoms with Crippen LogP contribution in [0.4, 0.5) is 0 Å². The lowest BCUT2D eigenvalue weighted by molar-refractivity contribution is 0.0599. The molecule has 22 heavy (non-hydrogen) atoms. The van der Waals surface area contributed by atoms with E-state index in [1.54, 1.807) is 19.9 Å². The second-order valence-electron chi connectivity index (χ2n) is 4.76. The molecule has 0 amide bonds. The van der Waals surface area contributed by atoms with E-state index in [1.165, 1.54) is 18.9 Å². The molecule has 1 aromatic heterocycles. The first-order chi connectivity index (χ1) is 10.5. The molecule has 4 nitrogen and oxygen atoms in total. The highest BCUT2D eigenvalue weighted by molar-refractivity contribution is 8.00. The molecule has 0 aliphatic heterocycles. The zero-order valence-electron chi connectivity index (χ0n) is 12.5. The highest BCUT2D eigenvalue weighted by Gasteiger charge is 2.22. The summed E-state index contributed by atoms with van der Waals surface area (Å²) in [5, 5.41) is 0.620. The van der Waals surface area contributed by atoms with Gasteiger partial charge in [0.15, 0.2) is 5.78 Å². The van der Waals surface area contributed by atoms with E-state index in [4.69, 9.17) is 16.3 Å². The standard InChI is InChI=1S/C16H16ClNO3S/c1-9-14(16(20)21-3)10(2)18-15(9)12(19)8-22-13-7-5-4-6-11(13)17/h4-7,18H,8H2,1-3H3. The molecule has 0 radical (unpaired) electrons. The summed E-state index contributed by atoms with van der Waals surface area (Å²) in [4.78, 5) is 28.0. The van der Waals surface area contributed by atoms with Crippen LogP contribution in [0.1, 0.15) is 32.1 Å². The van der Waals surface area contributed by atoms with Crippen LogP contribution < -0.4 is 0 Å². The number of aromatic nitrogens is 1. The van der Waals surface area contributed by atoms with Crippen LogP contribution in [-0.4, -0.2) is 29.6 Å². The molecule has 2 aromatic rings. The number of H-pyrrole nitrogens is 1. The molecule has 0 fully saturated rings. The third kappa shape index (κ3) is 3.36.